The van der Waals surface area contributed by atoms with E-state index in [1.54, 1.807) is 11.3 Å². The topological polar surface area (TPSA) is 97.1 Å². The minimum absolute atomic E-state index is 0.167. The molecule has 3 aliphatic rings. The Morgan fingerprint density at radius 1 is 1.22 bits per heavy atom. The molecule has 0 radical (unpaired) electrons. The van der Waals surface area contributed by atoms with Gasteiger partial charge in [0.05, 0.1) is 29.5 Å². The van der Waals surface area contributed by atoms with Gasteiger partial charge < -0.3 is 20.1 Å². The zero-order valence-corrected chi connectivity index (χ0v) is 15.8. The van der Waals surface area contributed by atoms with Crippen LogP contribution in [0.25, 0.3) is 10.2 Å². The van der Waals surface area contributed by atoms with Crippen molar-refractivity contribution in [2.24, 2.45) is 0 Å². The van der Waals surface area contributed by atoms with Crippen molar-refractivity contribution in [2.75, 3.05) is 63.2 Å². The van der Waals surface area contributed by atoms with Crippen LogP contribution in [0, 0.1) is 0 Å². The molecule has 3 aliphatic heterocycles. The zero-order valence-electron chi connectivity index (χ0n) is 15.0. The van der Waals surface area contributed by atoms with Crippen molar-refractivity contribution < 1.29 is 14.3 Å². The van der Waals surface area contributed by atoms with Crippen molar-refractivity contribution in [3.63, 3.8) is 0 Å². The predicted octanol–water partition coefficient (Wildman–Crippen LogP) is 0.747. The van der Waals surface area contributed by atoms with Gasteiger partial charge in [-0.05, 0) is 6.07 Å². The molecule has 0 aliphatic carbocycles. The Bertz CT molecular complexity index is 868. The van der Waals surface area contributed by atoms with E-state index >= 15 is 0 Å². The van der Waals surface area contributed by atoms with Gasteiger partial charge in [0.2, 0.25) is 5.95 Å². The summed E-state index contributed by atoms with van der Waals surface area (Å²) in [5, 5.41) is 0. The van der Waals surface area contributed by atoms with Gasteiger partial charge in [0, 0.05) is 44.1 Å². The summed E-state index contributed by atoms with van der Waals surface area (Å²) in [6.45, 7) is 6.78. The summed E-state index contributed by atoms with van der Waals surface area (Å²) in [5.74, 6) is 1.22. The molecule has 2 N–H and O–H groups in total. The molecule has 1 atom stereocenters. The van der Waals surface area contributed by atoms with Crippen LogP contribution >= 0.6 is 11.3 Å². The first kappa shape index (κ1) is 17.0. The van der Waals surface area contributed by atoms with Crippen LogP contribution in [-0.2, 0) is 16.0 Å². The third-order valence-electron chi connectivity index (χ3n) is 5.31. The molecule has 0 spiro atoms. The van der Waals surface area contributed by atoms with Crippen molar-refractivity contribution in [3.8, 4) is 0 Å². The van der Waals surface area contributed by atoms with Crippen LogP contribution in [0.4, 0.5) is 16.6 Å². The largest absolute Gasteiger partial charge is 0.447 e. The van der Waals surface area contributed by atoms with Crippen LogP contribution in [0.1, 0.15) is 4.88 Å². The van der Waals surface area contributed by atoms with Crippen molar-refractivity contribution in [3.05, 3.63) is 10.9 Å². The smallest absolute Gasteiger partial charge is 0.410 e. The van der Waals surface area contributed by atoms with Gasteiger partial charge in [0.1, 0.15) is 6.61 Å². The first-order valence-corrected chi connectivity index (χ1v) is 10.0. The summed E-state index contributed by atoms with van der Waals surface area (Å²) in [4.78, 5) is 28.3. The Kier molecular flexibility index (Phi) is 4.25. The van der Waals surface area contributed by atoms with Gasteiger partial charge in [0.15, 0.2) is 5.82 Å². The van der Waals surface area contributed by atoms with Gasteiger partial charge in [-0.1, -0.05) is 0 Å². The van der Waals surface area contributed by atoms with Crippen LogP contribution < -0.4 is 10.6 Å². The molecule has 0 unspecified atom stereocenters. The zero-order chi connectivity index (χ0) is 18.4. The summed E-state index contributed by atoms with van der Waals surface area (Å²) < 4.78 is 11.7. The number of piperazine rings is 1. The maximum absolute atomic E-state index is 11.7. The van der Waals surface area contributed by atoms with E-state index in [4.69, 9.17) is 15.2 Å². The number of carbonyl (C=O) groups is 1. The number of nitrogens with zero attached hydrogens (tertiary/aromatic N) is 5. The van der Waals surface area contributed by atoms with Gasteiger partial charge in [-0.15, -0.1) is 11.3 Å². The van der Waals surface area contributed by atoms with E-state index in [0.717, 1.165) is 55.3 Å². The lowest BCUT2D eigenvalue weighted by atomic mass is 10.2. The van der Waals surface area contributed by atoms with Gasteiger partial charge in [-0.3, -0.25) is 9.80 Å². The summed E-state index contributed by atoms with van der Waals surface area (Å²) in [5.41, 5.74) is 6.86. The lowest BCUT2D eigenvalue weighted by molar-refractivity contribution is 0.116. The van der Waals surface area contributed by atoms with E-state index in [1.807, 2.05) is 4.90 Å². The van der Waals surface area contributed by atoms with Crippen molar-refractivity contribution >= 4 is 39.4 Å². The number of ether oxygens (including phenoxy) is 2. The molecule has 5 heterocycles. The second kappa shape index (κ2) is 6.77. The highest BCUT2D eigenvalue weighted by Gasteiger charge is 2.37. The average Bonchev–Trinajstić information content (AvgIpc) is 3.24. The van der Waals surface area contributed by atoms with E-state index in [2.05, 4.69) is 25.8 Å². The Balaban J connectivity index is 1.37. The number of hydrogen-bond donors (Lipinski definition) is 1. The number of nitrogen functional groups attached to an aromatic ring is 1. The summed E-state index contributed by atoms with van der Waals surface area (Å²) >= 11 is 1.73. The Labute approximate surface area is 160 Å². The number of rotatable bonds is 3. The number of hydrogen-bond acceptors (Lipinski definition) is 9. The normalized spacial score (nSPS) is 23.7. The quantitative estimate of drug-likeness (QED) is 0.820. The molecule has 1 amide bonds. The van der Waals surface area contributed by atoms with E-state index in [0.29, 0.717) is 25.8 Å². The molecule has 27 heavy (non-hydrogen) atoms. The number of nitrogens with two attached hydrogens (primary N) is 1. The number of thiophene rings is 1. The molecule has 0 bridgehead atoms. The van der Waals surface area contributed by atoms with Gasteiger partial charge in [-0.2, -0.15) is 4.98 Å². The fourth-order valence-corrected chi connectivity index (χ4v) is 5.12. The third-order valence-corrected chi connectivity index (χ3v) is 6.42. The molecule has 10 heteroatoms. The number of aromatic nitrogens is 2. The Hall–Kier alpha value is -2.17. The minimum Gasteiger partial charge on any atom is -0.447 e. The second-order valence-electron chi connectivity index (χ2n) is 7.09. The van der Waals surface area contributed by atoms with Crippen LogP contribution in [0.3, 0.4) is 0 Å². The van der Waals surface area contributed by atoms with Crippen LogP contribution in [0.2, 0.25) is 0 Å². The Morgan fingerprint density at radius 3 is 2.93 bits per heavy atom. The molecule has 3 saturated heterocycles. The molecule has 9 nitrogen and oxygen atoms in total. The fourth-order valence-electron chi connectivity index (χ4n) is 3.97. The minimum atomic E-state index is -0.178. The lowest BCUT2D eigenvalue weighted by Gasteiger charge is -2.35. The van der Waals surface area contributed by atoms with E-state index in [1.165, 1.54) is 4.88 Å². The average molecular weight is 390 g/mol. The highest BCUT2D eigenvalue weighted by Crippen LogP contribution is 2.34. The summed E-state index contributed by atoms with van der Waals surface area (Å²) in [6, 6.07) is 2.28. The number of fused-ring (bicyclic) bond motifs is 2. The molecule has 2 aromatic rings. The van der Waals surface area contributed by atoms with Gasteiger partial charge >= 0.3 is 6.09 Å². The maximum atomic E-state index is 11.7. The number of morpholine rings is 1. The Morgan fingerprint density at radius 2 is 2.07 bits per heavy atom. The second-order valence-corrected chi connectivity index (χ2v) is 8.23. The SMILES string of the molecule is Nc1nc(N2CCOCC2)c2sc(CN3CCN4C(=O)OC[C@H]4C3)cc2n1. The molecule has 3 fully saturated rings. The first-order valence-electron chi connectivity index (χ1n) is 9.22. The summed E-state index contributed by atoms with van der Waals surface area (Å²) in [6.07, 6.45) is -0.178. The first-order chi connectivity index (χ1) is 13.2. The third kappa shape index (κ3) is 3.17. The van der Waals surface area contributed by atoms with E-state index in [-0.39, 0.29) is 12.1 Å². The van der Waals surface area contributed by atoms with Crippen LogP contribution in [-0.4, -0.2) is 84.4 Å². The van der Waals surface area contributed by atoms with Crippen LogP contribution in [0.15, 0.2) is 6.07 Å². The molecule has 0 saturated carbocycles. The fraction of sp³-hybridized carbons (Fsp3) is 0.588. The number of amides is 1. The van der Waals surface area contributed by atoms with Crippen LogP contribution in [0.5, 0.6) is 0 Å². The molecule has 5 rings (SSSR count). The molecule has 0 aromatic carbocycles. The number of anilines is 2. The summed E-state index contributed by atoms with van der Waals surface area (Å²) in [7, 11) is 0. The van der Waals surface area contributed by atoms with Gasteiger partial charge in [-0.25, -0.2) is 9.78 Å². The highest BCUT2D eigenvalue weighted by atomic mass is 32.1. The monoisotopic (exact) mass is 390 g/mol. The molecular formula is C17H22N6O3S. The highest BCUT2D eigenvalue weighted by molar-refractivity contribution is 7.19. The molecule has 2 aromatic heterocycles. The van der Waals surface area contributed by atoms with E-state index in [9.17, 15) is 4.79 Å². The van der Waals surface area contributed by atoms with Gasteiger partial charge in [0.25, 0.3) is 0 Å². The van der Waals surface area contributed by atoms with Crippen molar-refractivity contribution in [1.82, 2.24) is 19.8 Å². The van der Waals surface area contributed by atoms with Crippen molar-refractivity contribution in [2.45, 2.75) is 12.6 Å². The standard InChI is InChI=1S/C17H22N6O3S/c18-16-19-13-7-12(9-21-1-2-23-11(8-21)10-26-17(23)24)27-14(13)15(20-16)22-3-5-25-6-4-22/h7,11H,1-6,8-10H2,(H2,18,19,20)/t11-/m1/s1. The molecular weight excluding hydrogens is 368 g/mol. The maximum Gasteiger partial charge on any atom is 0.410 e. The van der Waals surface area contributed by atoms with E-state index < -0.39 is 0 Å². The number of cyclic esters (lactones) is 1. The lowest BCUT2D eigenvalue weighted by Crippen LogP contribution is -2.51. The molecule has 144 valence electrons. The number of carbonyl (C=O) groups excluding carboxylic acids is 1. The van der Waals surface area contributed by atoms with Crippen molar-refractivity contribution in [1.29, 1.82) is 0 Å². The predicted molar refractivity (Wildman–Crippen MR) is 102 cm³/mol.